The third-order valence-electron chi connectivity index (χ3n) is 4.40. The molecule has 2 heterocycles. The lowest BCUT2D eigenvalue weighted by Gasteiger charge is -2.28. The molecule has 3 unspecified atom stereocenters. The van der Waals surface area contributed by atoms with Crippen LogP contribution in [-0.2, 0) is 12.8 Å². The highest BCUT2D eigenvalue weighted by Gasteiger charge is 2.28. The summed E-state index contributed by atoms with van der Waals surface area (Å²) in [7, 11) is 0. The fourth-order valence-corrected chi connectivity index (χ4v) is 5.87. The van der Waals surface area contributed by atoms with E-state index < -0.39 is 0 Å². The van der Waals surface area contributed by atoms with Gasteiger partial charge in [-0.25, -0.2) is 9.97 Å². The molecule has 5 heteroatoms. The maximum absolute atomic E-state index is 4.94. The first-order chi connectivity index (χ1) is 10.3. The van der Waals surface area contributed by atoms with E-state index in [0.717, 1.165) is 37.7 Å². The Bertz CT molecular complexity index is 481. The summed E-state index contributed by atoms with van der Waals surface area (Å²) in [4.78, 5) is 9.65. The molecule has 0 saturated carbocycles. The highest BCUT2D eigenvalue weighted by Crippen LogP contribution is 2.41. The van der Waals surface area contributed by atoms with Crippen molar-refractivity contribution in [3.63, 3.8) is 0 Å². The molecule has 2 aliphatic rings. The SMILES string of the molecule is CCNCC1CCc2nc(C3SCCSC3C)ncc2C1. The Balaban J connectivity index is 1.71. The second-order valence-corrected chi connectivity index (χ2v) is 8.72. The molecule has 1 aliphatic heterocycles. The van der Waals surface area contributed by atoms with Gasteiger partial charge in [0.2, 0.25) is 0 Å². The minimum absolute atomic E-state index is 0.480. The summed E-state index contributed by atoms with van der Waals surface area (Å²) in [5.74, 6) is 4.32. The first-order valence-corrected chi connectivity index (χ1v) is 10.2. The molecule has 0 spiro atoms. The predicted molar refractivity (Wildman–Crippen MR) is 93.2 cm³/mol. The normalized spacial score (nSPS) is 29.1. The number of aryl methyl sites for hydroxylation is 1. The van der Waals surface area contributed by atoms with Crippen molar-refractivity contribution >= 4 is 23.5 Å². The Hall–Kier alpha value is -0.260. The summed E-state index contributed by atoms with van der Waals surface area (Å²) in [6.45, 7) is 6.68. The van der Waals surface area contributed by atoms with Gasteiger partial charge in [0.05, 0.1) is 5.25 Å². The van der Waals surface area contributed by atoms with Crippen LogP contribution in [0, 0.1) is 5.92 Å². The minimum Gasteiger partial charge on any atom is -0.317 e. The van der Waals surface area contributed by atoms with Crippen molar-refractivity contribution in [3.05, 3.63) is 23.3 Å². The topological polar surface area (TPSA) is 37.8 Å². The van der Waals surface area contributed by atoms with E-state index in [4.69, 9.17) is 9.97 Å². The minimum atomic E-state index is 0.480. The molecule has 0 aromatic carbocycles. The molecule has 21 heavy (non-hydrogen) atoms. The first-order valence-electron chi connectivity index (χ1n) is 8.06. The second-order valence-electron chi connectivity index (χ2n) is 5.98. The number of fused-ring (bicyclic) bond motifs is 1. The highest BCUT2D eigenvalue weighted by molar-refractivity contribution is 8.06. The summed E-state index contributed by atoms with van der Waals surface area (Å²) >= 11 is 4.09. The van der Waals surface area contributed by atoms with Gasteiger partial charge in [-0.3, -0.25) is 0 Å². The molecule has 1 aliphatic carbocycles. The van der Waals surface area contributed by atoms with Crippen LogP contribution in [0.4, 0.5) is 0 Å². The van der Waals surface area contributed by atoms with Crippen LogP contribution in [0.15, 0.2) is 6.20 Å². The fraction of sp³-hybridized carbons (Fsp3) is 0.750. The molecule has 0 radical (unpaired) electrons. The zero-order valence-electron chi connectivity index (χ0n) is 13.0. The quantitative estimate of drug-likeness (QED) is 0.921. The van der Waals surface area contributed by atoms with Gasteiger partial charge in [-0.05, 0) is 43.8 Å². The van der Waals surface area contributed by atoms with E-state index in [1.54, 1.807) is 0 Å². The summed E-state index contributed by atoms with van der Waals surface area (Å²) in [5.41, 5.74) is 2.70. The molecule has 3 atom stereocenters. The number of nitrogens with zero attached hydrogens (tertiary/aromatic N) is 2. The zero-order valence-corrected chi connectivity index (χ0v) is 14.6. The van der Waals surface area contributed by atoms with E-state index in [-0.39, 0.29) is 0 Å². The lowest BCUT2D eigenvalue weighted by molar-refractivity contribution is 0.423. The number of hydrogen-bond donors (Lipinski definition) is 1. The number of hydrogen-bond acceptors (Lipinski definition) is 5. The van der Waals surface area contributed by atoms with E-state index in [1.165, 1.54) is 29.2 Å². The molecular formula is C16H25N3S2. The van der Waals surface area contributed by atoms with Gasteiger partial charge in [0, 0.05) is 28.6 Å². The molecule has 1 fully saturated rings. The maximum atomic E-state index is 4.94. The third kappa shape index (κ3) is 3.74. The van der Waals surface area contributed by atoms with Crippen molar-refractivity contribution in [2.24, 2.45) is 5.92 Å². The van der Waals surface area contributed by atoms with E-state index in [2.05, 4.69) is 37.1 Å². The van der Waals surface area contributed by atoms with Gasteiger partial charge in [-0.2, -0.15) is 11.8 Å². The van der Waals surface area contributed by atoms with Gasteiger partial charge >= 0.3 is 0 Å². The summed E-state index contributed by atoms with van der Waals surface area (Å²) < 4.78 is 0. The molecule has 3 nitrogen and oxygen atoms in total. The van der Waals surface area contributed by atoms with Gasteiger partial charge in [-0.15, -0.1) is 11.8 Å². The Labute approximate surface area is 136 Å². The lowest BCUT2D eigenvalue weighted by Crippen LogP contribution is -2.28. The van der Waals surface area contributed by atoms with Crippen LogP contribution in [0.5, 0.6) is 0 Å². The van der Waals surface area contributed by atoms with Crippen LogP contribution in [0.25, 0.3) is 0 Å². The average molecular weight is 324 g/mol. The van der Waals surface area contributed by atoms with Gasteiger partial charge in [0.1, 0.15) is 5.82 Å². The van der Waals surface area contributed by atoms with Gasteiger partial charge in [0.15, 0.2) is 0 Å². The summed E-state index contributed by atoms with van der Waals surface area (Å²) in [6.07, 6.45) is 5.64. The molecule has 116 valence electrons. The second kappa shape index (κ2) is 7.34. The molecule has 1 saturated heterocycles. The Morgan fingerprint density at radius 3 is 3.00 bits per heavy atom. The van der Waals surface area contributed by atoms with E-state index >= 15 is 0 Å². The molecule has 0 bridgehead atoms. The van der Waals surface area contributed by atoms with Crippen LogP contribution in [0.2, 0.25) is 0 Å². The van der Waals surface area contributed by atoms with Gasteiger partial charge < -0.3 is 5.32 Å². The maximum Gasteiger partial charge on any atom is 0.142 e. The Morgan fingerprint density at radius 1 is 1.33 bits per heavy atom. The standard InChI is InChI=1S/C16H25N3S2/c1-3-17-9-12-4-5-14-13(8-12)10-18-16(19-14)15-11(2)20-6-7-21-15/h10-12,15,17H,3-9H2,1-2H3. The molecule has 0 amide bonds. The monoisotopic (exact) mass is 323 g/mol. The average Bonchev–Trinajstić information content (AvgIpc) is 2.53. The zero-order chi connectivity index (χ0) is 14.7. The molecule has 3 rings (SSSR count). The number of rotatable bonds is 4. The van der Waals surface area contributed by atoms with E-state index in [1.807, 2.05) is 11.8 Å². The molecule has 1 N–H and O–H groups in total. The predicted octanol–water partition coefficient (Wildman–Crippen LogP) is 3.10. The molecular weight excluding hydrogens is 298 g/mol. The van der Waals surface area contributed by atoms with Crippen molar-refractivity contribution in [2.45, 2.75) is 43.6 Å². The van der Waals surface area contributed by atoms with Crippen LogP contribution >= 0.6 is 23.5 Å². The van der Waals surface area contributed by atoms with E-state index in [9.17, 15) is 0 Å². The third-order valence-corrected chi connectivity index (χ3v) is 7.48. The van der Waals surface area contributed by atoms with Crippen LogP contribution in [0.3, 0.4) is 0 Å². The summed E-state index contributed by atoms with van der Waals surface area (Å²) in [6, 6.07) is 0. The smallest absolute Gasteiger partial charge is 0.142 e. The molecule has 1 aromatic heterocycles. The number of thioether (sulfide) groups is 2. The van der Waals surface area contributed by atoms with Crippen molar-refractivity contribution in [3.8, 4) is 0 Å². The van der Waals surface area contributed by atoms with Crippen molar-refractivity contribution in [1.29, 1.82) is 0 Å². The van der Waals surface area contributed by atoms with Gasteiger partial charge in [-0.1, -0.05) is 13.8 Å². The van der Waals surface area contributed by atoms with Crippen molar-refractivity contribution in [2.75, 3.05) is 24.6 Å². The van der Waals surface area contributed by atoms with Crippen LogP contribution in [-0.4, -0.2) is 39.8 Å². The van der Waals surface area contributed by atoms with Crippen molar-refractivity contribution in [1.82, 2.24) is 15.3 Å². The summed E-state index contributed by atoms with van der Waals surface area (Å²) in [5, 5.41) is 4.58. The largest absolute Gasteiger partial charge is 0.317 e. The first kappa shape index (κ1) is 15.6. The Kier molecular flexibility index (Phi) is 5.46. The van der Waals surface area contributed by atoms with Crippen LogP contribution < -0.4 is 5.32 Å². The lowest BCUT2D eigenvalue weighted by atomic mass is 9.87. The van der Waals surface area contributed by atoms with Crippen LogP contribution in [0.1, 0.15) is 42.6 Å². The number of nitrogens with one attached hydrogen (secondary N) is 1. The van der Waals surface area contributed by atoms with E-state index in [0.29, 0.717) is 10.5 Å². The van der Waals surface area contributed by atoms with Crippen molar-refractivity contribution < 1.29 is 0 Å². The highest BCUT2D eigenvalue weighted by atomic mass is 32.2. The fourth-order valence-electron chi connectivity index (χ4n) is 3.17. The Morgan fingerprint density at radius 2 is 2.19 bits per heavy atom. The molecule has 1 aromatic rings. The number of aromatic nitrogens is 2. The van der Waals surface area contributed by atoms with Gasteiger partial charge in [0.25, 0.3) is 0 Å².